The highest BCUT2D eigenvalue weighted by Gasteiger charge is 2.38. The van der Waals surface area contributed by atoms with Crippen LogP contribution in [0.15, 0.2) is 28.8 Å². The number of hydrogen-bond acceptors (Lipinski definition) is 6. The lowest BCUT2D eigenvalue weighted by molar-refractivity contribution is -0.192. The summed E-state index contributed by atoms with van der Waals surface area (Å²) in [5.41, 5.74) is 8.05. The molecule has 1 aliphatic heterocycles. The lowest BCUT2D eigenvalue weighted by Gasteiger charge is -2.17. The van der Waals surface area contributed by atoms with E-state index >= 15 is 0 Å². The molecule has 0 aliphatic carbocycles. The van der Waals surface area contributed by atoms with E-state index in [1.807, 2.05) is 0 Å². The quantitative estimate of drug-likeness (QED) is 0.330. The van der Waals surface area contributed by atoms with Gasteiger partial charge in [-0.1, -0.05) is 81.3 Å². The summed E-state index contributed by atoms with van der Waals surface area (Å²) < 4.78 is 37.3. The van der Waals surface area contributed by atoms with Crippen molar-refractivity contribution in [3.05, 3.63) is 35.7 Å². The van der Waals surface area contributed by atoms with E-state index in [0.717, 1.165) is 18.4 Å². The number of nitrogens with two attached hydrogens (primary N) is 1. The van der Waals surface area contributed by atoms with Gasteiger partial charge in [-0.2, -0.15) is 18.2 Å². The normalized spacial score (nSPS) is 16.2. The molecule has 0 bridgehead atoms. The van der Waals surface area contributed by atoms with Crippen molar-refractivity contribution >= 4 is 11.9 Å². The highest BCUT2D eigenvalue weighted by atomic mass is 19.4. The Balaban J connectivity index is 0.000000638. The number of carboxylic acids is 1. The lowest BCUT2D eigenvalue weighted by atomic mass is 10.0. The Kier molecular flexibility index (Phi) is 12.7. The second-order valence-corrected chi connectivity index (χ2v) is 9.74. The van der Waals surface area contributed by atoms with E-state index in [9.17, 15) is 18.0 Å². The number of carboxylic acid groups (broad SMARTS) is 1. The molecule has 0 radical (unpaired) electrons. The summed E-state index contributed by atoms with van der Waals surface area (Å²) in [6, 6.07) is 8.03. The van der Waals surface area contributed by atoms with Crippen LogP contribution in [0.3, 0.4) is 0 Å². The number of aliphatic carboxylic acids is 1. The molecule has 2 heterocycles. The SMILES string of the molecule is CCCCCCCCCCc1ccc(-c2noc([C@@H]3CCN(C(=O)[C@H](C)N)C3)n2)cc1.O=C(O)C(F)(F)F. The van der Waals surface area contributed by atoms with Crippen LogP contribution in [0.5, 0.6) is 0 Å². The Morgan fingerprint density at radius 1 is 1.11 bits per heavy atom. The van der Waals surface area contributed by atoms with Gasteiger partial charge >= 0.3 is 12.1 Å². The summed E-state index contributed by atoms with van der Waals surface area (Å²) in [5, 5.41) is 11.3. The topological polar surface area (TPSA) is 123 Å². The number of rotatable bonds is 12. The fraction of sp³-hybridized carbons (Fsp3) is 0.630. The molecule has 3 rings (SSSR count). The van der Waals surface area contributed by atoms with Crippen LogP contribution in [0, 0.1) is 0 Å². The van der Waals surface area contributed by atoms with Crippen LogP contribution < -0.4 is 5.73 Å². The number of aromatic nitrogens is 2. The number of alkyl halides is 3. The number of benzene rings is 1. The number of halogens is 3. The van der Waals surface area contributed by atoms with Crippen molar-refractivity contribution in [2.24, 2.45) is 5.73 Å². The van der Waals surface area contributed by atoms with E-state index in [0.29, 0.717) is 24.8 Å². The number of aryl methyl sites for hydroxylation is 1. The van der Waals surface area contributed by atoms with E-state index in [4.69, 9.17) is 20.2 Å². The van der Waals surface area contributed by atoms with Gasteiger partial charge in [-0.25, -0.2) is 4.79 Å². The number of hydrogen-bond donors (Lipinski definition) is 2. The first-order valence-electron chi connectivity index (χ1n) is 13.3. The Hall–Kier alpha value is -2.95. The van der Waals surface area contributed by atoms with Gasteiger partial charge in [0.2, 0.25) is 17.6 Å². The Morgan fingerprint density at radius 3 is 2.24 bits per heavy atom. The highest BCUT2D eigenvalue weighted by molar-refractivity contribution is 5.81. The number of nitrogens with zero attached hydrogens (tertiary/aromatic N) is 3. The average Bonchev–Trinajstić information content (AvgIpc) is 3.55. The Morgan fingerprint density at radius 2 is 1.68 bits per heavy atom. The summed E-state index contributed by atoms with van der Waals surface area (Å²) in [5.74, 6) is -1.46. The van der Waals surface area contributed by atoms with Crippen molar-refractivity contribution in [2.45, 2.75) is 96.2 Å². The van der Waals surface area contributed by atoms with Gasteiger partial charge in [0.15, 0.2) is 0 Å². The van der Waals surface area contributed by atoms with Crippen molar-refractivity contribution in [1.82, 2.24) is 15.0 Å². The summed E-state index contributed by atoms with van der Waals surface area (Å²) in [6.45, 7) is 5.27. The molecule has 1 amide bonds. The maximum atomic E-state index is 12.1. The second kappa shape index (κ2) is 15.5. The summed E-state index contributed by atoms with van der Waals surface area (Å²) in [4.78, 5) is 27.4. The van der Waals surface area contributed by atoms with Gasteiger partial charge in [0.05, 0.1) is 12.0 Å². The molecular formula is C27H39F3N4O4. The van der Waals surface area contributed by atoms with Crippen molar-refractivity contribution in [3.63, 3.8) is 0 Å². The molecule has 1 aromatic heterocycles. The summed E-state index contributed by atoms with van der Waals surface area (Å²) in [6.07, 6.45) is 7.62. The molecule has 2 atom stereocenters. The van der Waals surface area contributed by atoms with Gasteiger partial charge < -0.3 is 20.3 Å². The third-order valence-electron chi connectivity index (χ3n) is 6.45. The lowest BCUT2D eigenvalue weighted by Crippen LogP contribution is -2.40. The third kappa shape index (κ3) is 10.4. The number of carbonyl (C=O) groups is 2. The van der Waals surface area contributed by atoms with Crippen molar-refractivity contribution in [3.8, 4) is 11.4 Å². The molecular weight excluding hydrogens is 501 g/mol. The highest BCUT2D eigenvalue weighted by Crippen LogP contribution is 2.28. The molecule has 1 saturated heterocycles. The molecule has 2 aromatic rings. The standard InChI is InChI=1S/C25H38N4O2.C2HF3O2/c1-3-4-5-6-7-8-9-10-11-20-12-14-21(15-13-20)23-27-24(31-28-23)22-16-17-29(18-22)25(30)19(2)26;3-2(4,5)1(6)7/h12-15,19,22H,3-11,16-18,26H2,1-2H3;(H,6,7)/t19-,22+;/m0./s1. The van der Waals surface area contributed by atoms with Crippen LogP contribution in [0.25, 0.3) is 11.4 Å². The molecule has 212 valence electrons. The monoisotopic (exact) mass is 540 g/mol. The minimum absolute atomic E-state index is 0.0191. The smallest absolute Gasteiger partial charge is 0.475 e. The fourth-order valence-corrected chi connectivity index (χ4v) is 4.25. The zero-order valence-electron chi connectivity index (χ0n) is 22.2. The summed E-state index contributed by atoms with van der Waals surface area (Å²) >= 11 is 0. The van der Waals surface area contributed by atoms with Crippen LogP contribution in [0.4, 0.5) is 13.2 Å². The predicted molar refractivity (Wildman–Crippen MR) is 137 cm³/mol. The number of amides is 1. The van der Waals surface area contributed by atoms with E-state index in [-0.39, 0.29) is 11.8 Å². The predicted octanol–water partition coefficient (Wildman–Crippen LogP) is 5.72. The van der Waals surface area contributed by atoms with Crippen molar-refractivity contribution < 1.29 is 32.4 Å². The Bertz CT molecular complexity index is 993. The number of likely N-dealkylation sites (tertiary alicyclic amines) is 1. The van der Waals surface area contributed by atoms with Crippen molar-refractivity contribution in [1.29, 1.82) is 0 Å². The van der Waals surface area contributed by atoms with Crippen LogP contribution in [0.2, 0.25) is 0 Å². The van der Waals surface area contributed by atoms with Crippen LogP contribution >= 0.6 is 0 Å². The van der Waals surface area contributed by atoms with Gasteiger partial charge in [0, 0.05) is 18.7 Å². The van der Waals surface area contributed by atoms with Gasteiger partial charge in [-0.15, -0.1) is 0 Å². The van der Waals surface area contributed by atoms with E-state index in [1.54, 1.807) is 11.8 Å². The first-order valence-corrected chi connectivity index (χ1v) is 13.3. The molecule has 8 nitrogen and oxygen atoms in total. The Labute approximate surface area is 221 Å². The first-order chi connectivity index (χ1) is 18.0. The number of unbranched alkanes of at least 4 members (excludes halogenated alkanes) is 7. The maximum absolute atomic E-state index is 12.1. The second-order valence-electron chi connectivity index (χ2n) is 9.74. The zero-order valence-corrected chi connectivity index (χ0v) is 22.2. The van der Waals surface area contributed by atoms with E-state index in [1.165, 1.54) is 56.9 Å². The molecule has 0 unspecified atom stereocenters. The molecule has 1 aromatic carbocycles. The molecule has 1 aliphatic rings. The zero-order chi connectivity index (χ0) is 28.1. The van der Waals surface area contributed by atoms with Gasteiger partial charge in [-0.05, 0) is 31.7 Å². The number of carbonyl (C=O) groups excluding carboxylic acids is 1. The van der Waals surface area contributed by atoms with Gasteiger partial charge in [0.1, 0.15) is 0 Å². The van der Waals surface area contributed by atoms with Gasteiger partial charge in [-0.3, -0.25) is 4.79 Å². The minimum Gasteiger partial charge on any atom is -0.475 e. The largest absolute Gasteiger partial charge is 0.490 e. The molecule has 1 fully saturated rings. The molecule has 0 spiro atoms. The fourth-order valence-electron chi connectivity index (χ4n) is 4.25. The molecule has 38 heavy (non-hydrogen) atoms. The van der Waals surface area contributed by atoms with Crippen LogP contribution in [-0.2, 0) is 16.0 Å². The molecule has 11 heteroatoms. The van der Waals surface area contributed by atoms with Crippen molar-refractivity contribution in [2.75, 3.05) is 13.1 Å². The minimum atomic E-state index is -5.08. The maximum Gasteiger partial charge on any atom is 0.490 e. The molecule has 0 saturated carbocycles. The van der Waals surface area contributed by atoms with Crippen LogP contribution in [-0.4, -0.2) is 57.3 Å². The molecule has 3 N–H and O–H groups in total. The third-order valence-corrected chi connectivity index (χ3v) is 6.45. The van der Waals surface area contributed by atoms with Crippen LogP contribution in [0.1, 0.15) is 89.0 Å². The van der Waals surface area contributed by atoms with E-state index < -0.39 is 18.2 Å². The average molecular weight is 541 g/mol. The first kappa shape index (κ1) is 31.3. The summed E-state index contributed by atoms with van der Waals surface area (Å²) in [7, 11) is 0. The van der Waals surface area contributed by atoms with E-state index in [2.05, 4.69) is 41.3 Å². The van der Waals surface area contributed by atoms with Gasteiger partial charge in [0.25, 0.3) is 0 Å².